The quantitative estimate of drug-likeness (QED) is 0.656. The van der Waals surface area contributed by atoms with Gasteiger partial charge in [-0.05, 0) is 31.5 Å². The van der Waals surface area contributed by atoms with Crippen LogP contribution in [0.3, 0.4) is 0 Å². The zero-order valence-electron chi connectivity index (χ0n) is 9.66. The molecule has 0 aromatic heterocycles. The van der Waals surface area contributed by atoms with E-state index >= 15 is 0 Å². The fourth-order valence-electron chi connectivity index (χ4n) is 1.20. The maximum atomic E-state index is 11.5. The van der Waals surface area contributed by atoms with Gasteiger partial charge in [-0.25, -0.2) is 0 Å². The summed E-state index contributed by atoms with van der Waals surface area (Å²) in [5, 5.41) is 12.1. The molecule has 0 unspecified atom stereocenters. The van der Waals surface area contributed by atoms with Gasteiger partial charge in [0.1, 0.15) is 0 Å². The molecule has 0 spiro atoms. The van der Waals surface area contributed by atoms with Gasteiger partial charge in [0.05, 0.1) is 12.0 Å². The van der Waals surface area contributed by atoms with Crippen LogP contribution in [-0.4, -0.2) is 23.2 Å². The van der Waals surface area contributed by atoms with Crippen LogP contribution in [-0.2, 0) is 11.2 Å². The summed E-state index contributed by atoms with van der Waals surface area (Å²) in [7, 11) is 0. The molecule has 1 aromatic carbocycles. The van der Waals surface area contributed by atoms with Crippen molar-refractivity contribution in [1.82, 2.24) is 5.32 Å². The van der Waals surface area contributed by atoms with E-state index in [0.29, 0.717) is 12.1 Å². The Kier molecular flexibility index (Phi) is 3.90. The van der Waals surface area contributed by atoms with Crippen LogP contribution in [0.1, 0.15) is 19.4 Å². The van der Waals surface area contributed by atoms with E-state index in [2.05, 4.69) is 5.32 Å². The minimum atomic E-state index is -0.878. The average Bonchev–Trinajstić information content (AvgIpc) is 2.18. The smallest absolute Gasteiger partial charge is 0.224 e. The molecule has 0 aliphatic rings. The fraction of sp³-hybridized carbons (Fsp3) is 0.417. The van der Waals surface area contributed by atoms with Gasteiger partial charge in [0, 0.05) is 12.2 Å². The van der Waals surface area contributed by atoms with Gasteiger partial charge in [0.15, 0.2) is 0 Å². The van der Waals surface area contributed by atoms with Crippen LogP contribution in [0, 0.1) is 0 Å². The van der Waals surface area contributed by atoms with Gasteiger partial charge in [-0.1, -0.05) is 12.1 Å². The molecule has 0 radical (unpaired) electrons. The molecule has 0 aliphatic heterocycles. The summed E-state index contributed by atoms with van der Waals surface area (Å²) in [6.45, 7) is 3.55. The number of nitrogens with two attached hydrogens (primary N) is 1. The Balaban J connectivity index is 2.43. The Bertz CT molecular complexity index is 352. The third-order valence-corrected chi connectivity index (χ3v) is 2.06. The second kappa shape index (κ2) is 4.99. The van der Waals surface area contributed by atoms with E-state index in [0.717, 1.165) is 5.56 Å². The minimum Gasteiger partial charge on any atom is -0.399 e. The van der Waals surface area contributed by atoms with Crippen LogP contribution in [0.25, 0.3) is 0 Å². The maximum absolute atomic E-state index is 11.5. The van der Waals surface area contributed by atoms with E-state index in [4.69, 9.17) is 5.73 Å². The summed E-state index contributed by atoms with van der Waals surface area (Å²) in [6, 6.07) is 7.16. The number of carbonyl (C=O) groups excluding carboxylic acids is 1. The molecule has 4 N–H and O–H groups in total. The summed E-state index contributed by atoms with van der Waals surface area (Å²) >= 11 is 0. The minimum absolute atomic E-state index is 0.105. The molecule has 0 heterocycles. The number of amides is 1. The average molecular weight is 222 g/mol. The van der Waals surface area contributed by atoms with Crippen molar-refractivity contribution in [3.05, 3.63) is 29.8 Å². The van der Waals surface area contributed by atoms with Crippen LogP contribution in [0.15, 0.2) is 24.3 Å². The molecule has 1 aromatic rings. The van der Waals surface area contributed by atoms with Gasteiger partial charge in [-0.2, -0.15) is 0 Å². The van der Waals surface area contributed by atoms with Crippen molar-refractivity contribution in [3.63, 3.8) is 0 Å². The normalized spacial score (nSPS) is 11.2. The highest BCUT2D eigenvalue weighted by Crippen LogP contribution is 2.06. The summed E-state index contributed by atoms with van der Waals surface area (Å²) in [4.78, 5) is 11.5. The molecule has 0 aliphatic carbocycles. The third kappa shape index (κ3) is 4.79. The second-order valence-electron chi connectivity index (χ2n) is 4.51. The Morgan fingerprint density at radius 2 is 1.94 bits per heavy atom. The van der Waals surface area contributed by atoms with Crippen molar-refractivity contribution in [1.29, 1.82) is 0 Å². The maximum Gasteiger partial charge on any atom is 0.224 e. The van der Waals surface area contributed by atoms with E-state index in [-0.39, 0.29) is 12.5 Å². The summed E-state index contributed by atoms with van der Waals surface area (Å²) < 4.78 is 0. The van der Waals surface area contributed by atoms with E-state index in [9.17, 15) is 9.90 Å². The number of rotatable bonds is 4. The molecular weight excluding hydrogens is 204 g/mol. The van der Waals surface area contributed by atoms with Crippen LogP contribution in [0.4, 0.5) is 5.69 Å². The van der Waals surface area contributed by atoms with Crippen molar-refractivity contribution in [2.75, 3.05) is 12.3 Å². The Hall–Kier alpha value is -1.55. The molecule has 0 saturated heterocycles. The zero-order valence-corrected chi connectivity index (χ0v) is 9.66. The van der Waals surface area contributed by atoms with Gasteiger partial charge in [0.25, 0.3) is 0 Å². The molecule has 1 rings (SSSR count). The lowest BCUT2D eigenvalue weighted by molar-refractivity contribution is -0.121. The van der Waals surface area contributed by atoms with Gasteiger partial charge in [-0.3, -0.25) is 4.79 Å². The molecule has 0 bridgehead atoms. The zero-order chi connectivity index (χ0) is 12.2. The number of hydrogen-bond acceptors (Lipinski definition) is 3. The Labute approximate surface area is 95.5 Å². The van der Waals surface area contributed by atoms with Crippen LogP contribution < -0.4 is 11.1 Å². The van der Waals surface area contributed by atoms with E-state index in [1.807, 2.05) is 12.1 Å². The summed E-state index contributed by atoms with van der Waals surface area (Å²) in [6.07, 6.45) is 0.302. The van der Waals surface area contributed by atoms with E-state index in [1.165, 1.54) is 0 Å². The van der Waals surface area contributed by atoms with E-state index in [1.54, 1.807) is 26.0 Å². The largest absolute Gasteiger partial charge is 0.399 e. The molecule has 4 heteroatoms. The number of aliphatic hydroxyl groups is 1. The van der Waals surface area contributed by atoms with Crippen LogP contribution in [0.2, 0.25) is 0 Å². The summed E-state index contributed by atoms with van der Waals surface area (Å²) in [5.41, 5.74) is 6.25. The van der Waals surface area contributed by atoms with Gasteiger partial charge < -0.3 is 16.2 Å². The summed E-state index contributed by atoms with van der Waals surface area (Å²) in [5.74, 6) is -0.105. The van der Waals surface area contributed by atoms with Crippen LogP contribution >= 0.6 is 0 Å². The van der Waals surface area contributed by atoms with Gasteiger partial charge >= 0.3 is 0 Å². The van der Waals surface area contributed by atoms with Gasteiger partial charge in [0.2, 0.25) is 5.91 Å². The van der Waals surface area contributed by atoms with E-state index < -0.39 is 5.60 Å². The first kappa shape index (κ1) is 12.5. The first-order chi connectivity index (χ1) is 7.37. The van der Waals surface area contributed by atoms with Crippen molar-refractivity contribution >= 4 is 11.6 Å². The third-order valence-electron chi connectivity index (χ3n) is 2.06. The monoisotopic (exact) mass is 222 g/mol. The number of nitrogens with one attached hydrogen (secondary N) is 1. The highest BCUT2D eigenvalue weighted by Gasteiger charge is 2.13. The standard InChI is InChI=1S/C12H18N2O2/c1-12(2,16)8-14-11(15)7-9-3-5-10(13)6-4-9/h3-6,16H,7-8,13H2,1-2H3,(H,14,15). The topological polar surface area (TPSA) is 75.3 Å². The lowest BCUT2D eigenvalue weighted by Crippen LogP contribution is -2.38. The fourth-order valence-corrected chi connectivity index (χ4v) is 1.20. The molecule has 0 saturated carbocycles. The number of hydrogen-bond donors (Lipinski definition) is 3. The van der Waals surface area contributed by atoms with Crippen molar-refractivity contribution < 1.29 is 9.90 Å². The predicted molar refractivity (Wildman–Crippen MR) is 63.9 cm³/mol. The molecule has 88 valence electrons. The van der Waals surface area contributed by atoms with Gasteiger partial charge in [-0.15, -0.1) is 0 Å². The lowest BCUT2D eigenvalue weighted by atomic mass is 10.1. The Morgan fingerprint density at radius 3 is 2.44 bits per heavy atom. The second-order valence-corrected chi connectivity index (χ2v) is 4.51. The highest BCUT2D eigenvalue weighted by atomic mass is 16.3. The van der Waals surface area contributed by atoms with Crippen molar-refractivity contribution in [2.24, 2.45) is 0 Å². The predicted octanol–water partition coefficient (Wildman–Crippen LogP) is 0.698. The SMILES string of the molecule is CC(C)(O)CNC(=O)Cc1ccc(N)cc1. The highest BCUT2D eigenvalue weighted by molar-refractivity contribution is 5.78. The van der Waals surface area contributed by atoms with Crippen LogP contribution in [0.5, 0.6) is 0 Å². The first-order valence-electron chi connectivity index (χ1n) is 5.20. The number of carbonyl (C=O) groups is 1. The van der Waals surface area contributed by atoms with Crippen molar-refractivity contribution in [3.8, 4) is 0 Å². The van der Waals surface area contributed by atoms with Crippen molar-refractivity contribution in [2.45, 2.75) is 25.9 Å². The first-order valence-corrected chi connectivity index (χ1v) is 5.20. The molecule has 0 atom stereocenters. The molecule has 0 fully saturated rings. The number of benzene rings is 1. The molecule has 16 heavy (non-hydrogen) atoms. The number of nitrogen functional groups attached to an aromatic ring is 1. The molecule has 4 nitrogen and oxygen atoms in total. The lowest BCUT2D eigenvalue weighted by Gasteiger charge is -2.17. The Morgan fingerprint density at radius 1 is 1.38 bits per heavy atom. The molecular formula is C12H18N2O2. The molecule has 1 amide bonds. The number of anilines is 1.